The van der Waals surface area contributed by atoms with Gasteiger partial charge in [-0.1, -0.05) is 13.0 Å². The Bertz CT molecular complexity index is 552. The highest BCUT2D eigenvalue weighted by atomic mass is 32.2. The van der Waals surface area contributed by atoms with Crippen molar-refractivity contribution in [2.45, 2.75) is 18.4 Å². The van der Waals surface area contributed by atoms with Crippen molar-refractivity contribution in [2.75, 3.05) is 33.4 Å². The molecule has 1 heterocycles. The van der Waals surface area contributed by atoms with Gasteiger partial charge < -0.3 is 14.6 Å². The van der Waals surface area contributed by atoms with Gasteiger partial charge in [0.15, 0.2) is 0 Å². The van der Waals surface area contributed by atoms with Gasteiger partial charge in [0.2, 0.25) is 10.0 Å². The fraction of sp³-hybridized carbons (Fsp3) is 0.571. The van der Waals surface area contributed by atoms with Crippen LogP contribution in [0.5, 0.6) is 0 Å². The third-order valence-electron chi connectivity index (χ3n) is 3.15. The number of hydrogen-bond donors (Lipinski definition) is 1. The molecular formula is C14H25N3O3S. The topological polar surface area (TPSA) is 63.6 Å². The summed E-state index contributed by atoms with van der Waals surface area (Å²) >= 11 is 0. The molecule has 120 valence electrons. The third-order valence-corrected chi connectivity index (χ3v) is 4.98. The van der Waals surface area contributed by atoms with Gasteiger partial charge in [-0.05, 0) is 12.6 Å². The second-order valence-electron chi connectivity index (χ2n) is 4.70. The number of nitrogens with zero attached hydrogens (tertiary/aromatic N) is 2. The van der Waals surface area contributed by atoms with E-state index in [1.807, 2.05) is 18.5 Å². The minimum absolute atomic E-state index is 0.267. The molecule has 1 aromatic heterocycles. The van der Waals surface area contributed by atoms with Crippen LogP contribution in [-0.4, -0.2) is 50.6 Å². The number of hydrogen-bond acceptors (Lipinski definition) is 4. The number of ether oxygens (including phenoxy) is 1. The Labute approximate surface area is 127 Å². The highest BCUT2D eigenvalue weighted by Gasteiger charge is 2.25. The van der Waals surface area contributed by atoms with Gasteiger partial charge in [-0.25, -0.2) is 8.42 Å². The smallest absolute Gasteiger partial charge is 0.244 e. The maximum atomic E-state index is 12.7. The summed E-state index contributed by atoms with van der Waals surface area (Å²) in [6.45, 7) is 8.03. The Hall–Kier alpha value is -1.15. The highest BCUT2D eigenvalue weighted by Crippen LogP contribution is 2.18. The molecule has 7 heteroatoms. The summed E-state index contributed by atoms with van der Waals surface area (Å²) in [6.07, 6.45) is 3.22. The van der Waals surface area contributed by atoms with Gasteiger partial charge in [-0.15, -0.1) is 6.58 Å². The van der Waals surface area contributed by atoms with E-state index in [-0.39, 0.29) is 6.54 Å². The first-order valence-corrected chi connectivity index (χ1v) is 8.37. The predicted molar refractivity (Wildman–Crippen MR) is 83.6 cm³/mol. The van der Waals surface area contributed by atoms with E-state index < -0.39 is 10.0 Å². The van der Waals surface area contributed by atoms with E-state index in [0.717, 1.165) is 12.2 Å². The summed E-state index contributed by atoms with van der Waals surface area (Å²) in [7, 11) is -0.131. The number of aromatic nitrogens is 1. The van der Waals surface area contributed by atoms with E-state index in [1.54, 1.807) is 25.4 Å². The van der Waals surface area contributed by atoms with Crippen LogP contribution >= 0.6 is 0 Å². The lowest BCUT2D eigenvalue weighted by Gasteiger charge is -2.19. The summed E-state index contributed by atoms with van der Waals surface area (Å²) in [5, 5.41) is 3.19. The summed E-state index contributed by atoms with van der Waals surface area (Å²) in [6, 6.07) is 1.71. The Balaban J connectivity index is 3.01. The summed E-state index contributed by atoms with van der Waals surface area (Å²) in [5.74, 6) is 0. The minimum Gasteiger partial charge on any atom is -0.383 e. The van der Waals surface area contributed by atoms with E-state index in [0.29, 0.717) is 24.6 Å². The van der Waals surface area contributed by atoms with E-state index in [4.69, 9.17) is 4.74 Å². The Morgan fingerprint density at radius 2 is 2.24 bits per heavy atom. The molecule has 0 amide bonds. The van der Waals surface area contributed by atoms with Crippen LogP contribution in [0.4, 0.5) is 0 Å². The van der Waals surface area contributed by atoms with Crippen molar-refractivity contribution in [3.05, 3.63) is 30.6 Å². The summed E-state index contributed by atoms with van der Waals surface area (Å²) < 4.78 is 33.5. The van der Waals surface area contributed by atoms with Crippen molar-refractivity contribution in [1.29, 1.82) is 0 Å². The molecule has 0 atom stereocenters. The molecule has 0 aliphatic rings. The van der Waals surface area contributed by atoms with Crippen molar-refractivity contribution in [2.24, 2.45) is 7.05 Å². The van der Waals surface area contributed by atoms with Gasteiger partial charge in [0, 0.05) is 45.7 Å². The van der Waals surface area contributed by atoms with Gasteiger partial charge in [0.25, 0.3) is 0 Å². The Morgan fingerprint density at radius 1 is 1.52 bits per heavy atom. The van der Waals surface area contributed by atoms with Crippen LogP contribution in [0, 0.1) is 0 Å². The first kappa shape index (κ1) is 17.9. The molecule has 21 heavy (non-hydrogen) atoms. The fourth-order valence-electron chi connectivity index (χ4n) is 1.94. The number of sulfonamides is 1. The molecule has 0 bridgehead atoms. The monoisotopic (exact) mass is 315 g/mol. The van der Waals surface area contributed by atoms with Crippen LogP contribution in [0.3, 0.4) is 0 Å². The second kappa shape index (κ2) is 8.33. The minimum atomic E-state index is -3.53. The average molecular weight is 315 g/mol. The van der Waals surface area contributed by atoms with Crippen LogP contribution < -0.4 is 5.32 Å². The summed E-state index contributed by atoms with van der Waals surface area (Å²) in [4.78, 5) is 0.302. The number of rotatable bonds is 10. The third kappa shape index (κ3) is 4.67. The average Bonchev–Trinajstić information content (AvgIpc) is 2.83. The number of nitrogens with one attached hydrogen (secondary N) is 1. The van der Waals surface area contributed by atoms with Gasteiger partial charge >= 0.3 is 0 Å². The van der Waals surface area contributed by atoms with Crippen molar-refractivity contribution in [3.63, 3.8) is 0 Å². The molecule has 0 spiro atoms. The molecule has 0 aromatic carbocycles. The van der Waals surface area contributed by atoms with Crippen LogP contribution in [-0.2, 0) is 28.4 Å². The molecule has 0 aliphatic heterocycles. The maximum absolute atomic E-state index is 12.7. The molecule has 0 radical (unpaired) electrons. The molecule has 6 nitrogen and oxygen atoms in total. The second-order valence-corrected chi connectivity index (χ2v) is 6.64. The first-order valence-electron chi connectivity index (χ1n) is 6.93. The van der Waals surface area contributed by atoms with E-state index in [1.165, 1.54) is 4.31 Å². The van der Waals surface area contributed by atoms with E-state index >= 15 is 0 Å². The molecule has 1 N–H and O–H groups in total. The fourth-order valence-corrected chi connectivity index (χ4v) is 3.43. The van der Waals surface area contributed by atoms with Crippen molar-refractivity contribution < 1.29 is 13.2 Å². The molecule has 0 aliphatic carbocycles. The first-order chi connectivity index (χ1) is 9.97. The number of aryl methyl sites for hydroxylation is 1. The molecule has 0 unspecified atom stereocenters. The van der Waals surface area contributed by atoms with Crippen LogP contribution in [0.2, 0.25) is 0 Å². The zero-order chi connectivity index (χ0) is 15.9. The largest absolute Gasteiger partial charge is 0.383 e. The zero-order valence-electron chi connectivity index (χ0n) is 13.0. The predicted octanol–water partition coefficient (Wildman–Crippen LogP) is 0.958. The lowest BCUT2D eigenvalue weighted by atomic mass is 10.4. The van der Waals surface area contributed by atoms with Crippen molar-refractivity contribution in [1.82, 2.24) is 14.2 Å². The molecule has 0 saturated heterocycles. The maximum Gasteiger partial charge on any atom is 0.244 e. The Morgan fingerprint density at radius 3 is 2.81 bits per heavy atom. The van der Waals surface area contributed by atoms with Gasteiger partial charge in [0.1, 0.15) is 4.90 Å². The number of methoxy groups -OCH3 is 1. The van der Waals surface area contributed by atoms with Gasteiger partial charge in [-0.3, -0.25) is 0 Å². The van der Waals surface area contributed by atoms with E-state index in [2.05, 4.69) is 11.9 Å². The molecule has 1 rings (SSSR count). The lowest BCUT2D eigenvalue weighted by Crippen LogP contribution is -2.33. The highest BCUT2D eigenvalue weighted by molar-refractivity contribution is 7.89. The lowest BCUT2D eigenvalue weighted by molar-refractivity contribution is 0.182. The van der Waals surface area contributed by atoms with Crippen LogP contribution in [0.1, 0.15) is 12.6 Å². The zero-order valence-corrected chi connectivity index (χ0v) is 13.8. The quantitative estimate of drug-likeness (QED) is 0.653. The van der Waals surface area contributed by atoms with Gasteiger partial charge in [-0.2, -0.15) is 4.31 Å². The van der Waals surface area contributed by atoms with Crippen molar-refractivity contribution >= 4 is 10.0 Å². The standard InChI is InChI=1S/C14H25N3O3S/c1-5-7-17(8-9-20-4)21(18,19)14-10-13(11-15-6-2)16(3)12-14/h5,10,12,15H,1,6-9,11H2,2-4H3. The van der Waals surface area contributed by atoms with Gasteiger partial charge in [0.05, 0.1) is 6.61 Å². The van der Waals surface area contributed by atoms with E-state index in [9.17, 15) is 8.42 Å². The van der Waals surface area contributed by atoms with Crippen LogP contribution in [0.15, 0.2) is 29.8 Å². The SMILES string of the molecule is C=CCN(CCOC)S(=O)(=O)c1cc(CNCC)n(C)c1. The molecular weight excluding hydrogens is 290 g/mol. The Kier molecular flexibility index (Phi) is 7.10. The molecule has 0 saturated carbocycles. The van der Waals surface area contributed by atoms with Crippen molar-refractivity contribution in [3.8, 4) is 0 Å². The van der Waals surface area contributed by atoms with Crippen LogP contribution in [0.25, 0.3) is 0 Å². The normalized spacial score (nSPS) is 12.0. The molecule has 0 fully saturated rings. The summed E-state index contributed by atoms with van der Waals surface area (Å²) in [5.41, 5.74) is 0.931. The molecule has 1 aromatic rings.